The van der Waals surface area contributed by atoms with Crippen molar-refractivity contribution < 1.29 is 24.2 Å². The Balaban J connectivity index is 2.28. The van der Waals surface area contributed by atoms with Crippen molar-refractivity contribution in [2.24, 2.45) is 0 Å². The van der Waals surface area contributed by atoms with Gasteiger partial charge in [0.15, 0.2) is 0 Å². The highest BCUT2D eigenvalue weighted by atomic mass is 16.5. The van der Waals surface area contributed by atoms with Gasteiger partial charge in [0.25, 0.3) is 5.91 Å². The van der Waals surface area contributed by atoms with E-state index < -0.39 is 12.0 Å². The zero-order valence-electron chi connectivity index (χ0n) is 12.3. The molecule has 1 aliphatic rings. The summed E-state index contributed by atoms with van der Waals surface area (Å²) >= 11 is 0. The van der Waals surface area contributed by atoms with Crippen molar-refractivity contribution in [3.8, 4) is 5.75 Å². The van der Waals surface area contributed by atoms with Crippen molar-refractivity contribution >= 4 is 11.9 Å². The van der Waals surface area contributed by atoms with Gasteiger partial charge in [0.2, 0.25) is 0 Å². The SMILES string of the molecule is COc1ccc(C(=O)N2CC(OC)CC2C(=O)O)c(C)c1. The van der Waals surface area contributed by atoms with Crippen LogP contribution in [0.25, 0.3) is 0 Å². The van der Waals surface area contributed by atoms with Crippen molar-refractivity contribution in [2.75, 3.05) is 20.8 Å². The highest BCUT2D eigenvalue weighted by Crippen LogP contribution is 2.25. The summed E-state index contributed by atoms with van der Waals surface area (Å²) < 4.78 is 10.3. The second-order valence-electron chi connectivity index (χ2n) is 5.09. The summed E-state index contributed by atoms with van der Waals surface area (Å²) in [4.78, 5) is 25.3. The first kappa shape index (κ1) is 15.3. The number of nitrogens with zero attached hydrogens (tertiary/aromatic N) is 1. The summed E-state index contributed by atoms with van der Waals surface area (Å²) in [6, 6.07) is 4.27. The molecule has 0 radical (unpaired) electrons. The van der Waals surface area contributed by atoms with E-state index in [4.69, 9.17) is 9.47 Å². The number of hydrogen-bond acceptors (Lipinski definition) is 4. The zero-order chi connectivity index (χ0) is 15.6. The summed E-state index contributed by atoms with van der Waals surface area (Å²) in [5, 5.41) is 9.27. The molecule has 2 atom stereocenters. The lowest BCUT2D eigenvalue weighted by Gasteiger charge is -2.22. The minimum atomic E-state index is -1.01. The van der Waals surface area contributed by atoms with Crippen LogP contribution in [0, 0.1) is 6.92 Å². The van der Waals surface area contributed by atoms with Gasteiger partial charge in [-0.15, -0.1) is 0 Å². The first-order valence-electron chi connectivity index (χ1n) is 6.69. The number of likely N-dealkylation sites (tertiary alicyclic amines) is 1. The molecule has 0 bridgehead atoms. The molecule has 2 rings (SSSR count). The maximum absolute atomic E-state index is 12.6. The third-order valence-electron chi connectivity index (χ3n) is 3.81. The monoisotopic (exact) mass is 293 g/mol. The molecular formula is C15H19NO5. The number of hydrogen-bond donors (Lipinski definition) is 1. The van der Waals surface area contributed by atoms with Gasteiger partial charge in [-0.2, -0.15) is 0 Å². The van der Waals surface area contributed by atoms with Gasteiger partial charge < -0.3 is 19.5 Å². The maximum Gasteiger partial charge on any atom is 0.326 e. The predicted octanol–water partition coefficient (Wildman–Crippen LogP) is 1.32. The molecule has 1 N–H and O–H groups in total. The van der Waals surface area contributed by atoms with Crippen molar-refractivity contribution in [2.45, 2.75) is 25.5 Å². The van der Waals surface area contributed by atoms with Crippen LogP contribution in [0.2, 0.25) is 0 Å². The fraction of sp³-hybridized carbons (Fsp3) is 0.467. The van der Waals surface area contributed by atoms with Gasteiger partial charge in [0.1, 0.15) is 11.8 Å². The molecule has 6 nitrogen and oxygen atoms in total. The minimum Gasteiger partial charge on any atom is -0.497 e. The number of amides is 1. The Morgan fingerprint density at radius 3 is 2.57 bits per heavy atom. The number of ether oxygens (including phenoxy) is 2. The van der Waals surface area contributed by atoms with Crippen LogP contribution < -0.4 is 4.74 Å². The van der Waals surface area contributed by atoms with E-state index in [9.17, 15) is 14.7 Å². The molecule has 1 aromatic rings. The first-order valence-corrected chi connectivity index (χ1v) is 6.69. The van der Waals surface area contributed by atoms with Gasteiger partial charge in [0, 0.05) is 25.6 Å². The number of benzene rings is 1. The topological polar surface area (TPSA) is 76.1 Å². The second-order valence-corrected chi connectivity index (χ2v) is 5.09. The number of aliphatic carboxylic acids is 1. The summed E-state index contributed by atoms with van der Waals surface area (Å²) in [6.45, 7) is 2.09. The van der Waals surface area contributed by atoms with E-state index in [0.717, 1.165) is 5.56 Å². The van der Waals surface area contributed by atoms with E-state index in [1.807, 2.05) is 0 Å². The molecule has 1 heterocycles. The fourth-order valence-corrected chi connectivity index (χ4v) is 2.58. The summed E-state index contributed by atoms with van der Waals surface area (Å²) in [6.07, 6.45) is 0.0702. The van der Waals surface area contributed by atoms with Gasteiger partial charge in [0.05, 0.1) is 13.2 Å². The molecule has 0 saturated carbocycles. The highest BCUT2D eigenvalue weighted by molar-refractivity contribution is 5.98. The van der Waals surface area contributed by atoms with Gasteiger partial charge in [-0.05, 0) is 30.7 Å². The van der Waals surface area contributed by atoms with Gasteiger partial charge in [-0.25, -0.2) is 4.79 Å². The van der Waals surface area contributed by atoms with Crippen molar-refractivity contribution in [3.63, 3.8) is 0 Å². The van der Waals surface area contributed by atoms with Crippen LogP contribution in [0.15, 0.2) is 18.2 Å². The van der Waals surface area contributed by atoms with Gasteiger partial charge in [-0.3, -0.25) is 4.79 Å². The van der Waals surface area contributed by atoms with E-state index >= 15 is 0 Å². The lowest BCUT2D eigenvalue weighted by Crippen LogP contribution is -2.40. The Bertz CT molecular complexity index is 557. The smallest absolute Gasteiger partial charge is 0.326 e. The molecular weight excluding hydrogens is 274 g/mol. The average molecular weight is 293 g/mol. The summed E-state index contributed by atoms with van der Waals surface area (Å²) in [5.41, 5.74) is 1.24. The number of carbonyl (C=O) groups excluding carboxylic acids is 1. The molecule has 0 aromatic heterocycles. The van der Waals surface area contributed by atoms with Gasteiger partial charge in [-0.1, -0.05) is 0 Å². The Hall–Kier alpha value is -2.08. The molecule has 1 saturated heterocycles. The van der Waals surface area contributed by atoms with Crippen LogP contribution in [0.3, 0.4) is 0 Å². The normalized spacial score (nSPS) is 21.4. The molecule has 1 fully saturated rings. The number of carbonyl (C=O) groups is 2. The number of rotatable bonds is 4. The van der Waals surface area contributed by atoms with Crippen LogP contribution in [-0.2, 0) is 9.53 Å². The van der Waals surface area contributed by atoms with Crippen LogP contribution in [0.1, 0.15) is 22.3 Å². The van der Waals surface area contributed by atoms with E-state index in [0.29, 0.717) is 17.7 Å². The maximum atomic E-state index is 12.6. The molecule has 21 heavy (non-hydrogen) atoms. The fourth-order valence-electron chi connectivity index (χ4n) is 2.58. The quantitative estimate of drug-likeness (QED) is 0.906. The van der Waals surface area contributed by atoms with Crippen molar-refractivity contribution in [1.82, 2.24) is 4.90 Å². The second kappa shape index (κ2) is 6.13. The summed E-state index contributed by atoms with van der Waals surface area (Å²) in [5.74, 6) is -0.633. The Labute approximate surface area is 123 Å². The Morgan fingerprint density at radius 2 is 2.05 bits per heavy atom. The third-order valence-corrected chi connectivity index (χ3v) is 3.81. The van der Waals surface area contributed by atoms with E-state index in [2.05, 4.69) is 0 Å². The molecule has 1 aliphatic heterocycles. The lowest BCUT2D eigenvalue weighted by molar-refractivity contribution is -0.141. The summed E-state index contributed by atoms with van der Waals surface area (Å²) in [7, 11) is 3.08. The van der Waals surface area contributed by atoms with Crippen LogP contribution in [-0.4, -0.2) is 54.8 Å². The van der Waals surface area contributed by atoms with E-state index in [-0.39, 0.29) is 18.6 Å². The van der Waals surface area contributed by atoms with Crippen molar-refractivity contribution in [1.29, 1.82) is 0 Å². The standard InChI is InChI=1S/C15H19NO5/c1-9-6-10(20-2)4-5-12(9)14(17)16-8-11(21-3)7-13(16)15(18)19/h4-6,11,13H,7-8H2,1-3H3,(H,18,19). The molecule has 6 heteroatoms. The molecule has 1 aromatic carbocycles. The van der Waals surface area contributed by atoms with Crippen molar-refractivity contribution in [3.05, 3.63) is 29.3 Å². The lowest BCUT2D eigenvalue weighted by atomic mass is 10.1. The Morgan fingerprint density at radius 1 is 1.33 bits per heavy atom. The van der Waals surface area contributed by atoms with Crippen LogP contribution in [0.5, 0.6) is 5.75 Å². The van der Waals surface area contributed by atoms with E-state index in [1.54, 1.807) is 32.2 Å². The van der Waals surface area contributed by atoms with Gasteiger partial charge >= 0.3 is 5.97 Å². The molecule has 0 spiro atoms. The molecule has 114 valence electrons. The number of carboxylic acid groups (broad SMARTS) is 1. The molecule has 0 aliphatic carbocycles. The zero-order valence-corrected chi connectivity index (χ0v) is 12.3. The first-order chi connectivity index (χ1) is 9.97. The third kappa shape index (κ3) is 3.00. The number of methoxy groups -OCH3 is 2. The Kier molecular flexibility index (Phi) is 4.47. The van der Waals surface area contributed by atoms with Crippen LogP contribution >= 0.6 is 0 Å². The molecule has 1 amide bonds. The highest BCUT2D eigenvalue weighted by Gasteiger charge is 2.40. The number of aryl methyl sites for hydroxylation is 1. The minimum absolute atomic E-state index is 0.242. The van der Waals surface area contributed by atoms with E-state index in [1.165, 1.54) is 12.0 Å². The largest absolute Gasteiger partial charge is 0.497 e. The number of carboxylic acids is 1. The van der Waals surface area contributed by atoms with Crippen LogP contribution in [0.4, 0.5) is 0 Å². The molecule has 2 unspecified atom stereocenters. The predicted molar refractivity (Wildman–Crippen MR) is 75.6 cm³/mol. The average Bonchev–Trinajstić information content (AvgIpc) is 2.91.